The van der Waals surface area contributed by atoms with Crippen LogP contribution in [-0.4, -0.2) is 36.1 Å². The van der Waals surface area contributed by atoms with E-state index in [1.54, 1.807) is 7.11 Å². The van der Waals surface area contributed by atoms with Gasteiger partial charge in [-0.05, 0) is 44.5 Å². The number of rotatable bonds is 6. The molecule has 0 bridgehead atoms. The van der Waals surface area contributed by atoms with Gasteiger partial charge in [0.25, 0.3) is 0 Å². The Morgan fingerprint density at radius 2 is 2.00 bits per heavy atom. The van der Waals surface area contributed by atoms with Gasteiger partial charge in [0.05, 0.1) is 19.3 Å². The predicted molar refractivity (Wildman–Crippen MR) is 99.2 cm³/mol. The molecule has 1 aliphatic rings. The fraction of sp³-hybridized carbons (Fsp3) is 0.500. The molecule has 0 fully saturated rings. The smallest absolute Gasteiger partial charge is 0.203 e. The van der Waals surface area contributed by atoms with Gasteiger partial charge in [-0.1, -0.05) is 0 Å². The number of nitrogens with one attached hydrogen (secondary N) is 1. The van der Waals surface area contributed by atoms with Crippen LogP contribution in [0.5, 0.6) is 17.2 Å². The fourth-order valence-electron chi connectivity index (χ4n) is 2.91. The lowest BCUT2D eigenvalue weighted by atomic mass is 10.1. The number of benzene rings is 1. The molecular formula is C18H26ClN3O3. The molecule has 7 heteroatoms. The summed E-state index contributed by atoms with van der Waals surface area (Å²) in [6, 6.07) is 6.40. The molecule has 0 aliphatic carbocycles. The number of hydrogen-bond acceptors (Lipinski definition) is 5. The Hall–Kier alpha value is -1.92. The summed E-state index contributed by atoms with van der Waals surface area (Å²) >= 11 is 0. The van der Waals surface area contributed by atoms with Crippen LogP contribution in [0.25, 0.3) is 0 Å². The Morgan fingerprint density at radius 1 is 1.24 bits per heavy atom. The van der Waals surface area contributed by atoms with E-state index in [0.29, 0.717) is 25.0 Å². The topological polar surface area (TPSA) is 57.5 Å². The second-order valence-corrected chi connectivity index (χ2v) is 6.21. The first-order valence-electron chi connectivity index (χ1n) is 8.27. The van der Waals surface area contributed by atoms with Crippen molar-refractivity contribution in [2.45, 2.75) is 39.9 Å². The quantitative estimate of drug-likeness (QED) is 0.850. The first-order valence-corrected chi connectivity index (χ1v) is 8.27. The molecule has 0 spiro atoms. The van der Waals surface area contributed by atoms with Gasteiger partial charge in [-0.25, -0.2) is 0 Å². The number of fused-ring (bicyclic) bond motifs is 1. The predicted octanol–water partition coefficient (Wildman–Crippen LogP) is 2.88. The summed E-state index contributed by atoms with van der Waals surface area (Å²) in [7, 11) is 1.65. The third-order valence-corrected chi connectivity index (χ3v) is 4.09. The maximum absolute atomic E-state index is 5.68. The monoisotopic (exact) mass is 367 g/mol. The van der Waals surface area contributed by atoms with Crippen LogP contribution >= 0.6 is 12.4 Å². The maximum Gasteiger partial charge on any atom is 0.203 e. The molecule has 1 aromatic heterocycles. The Labute approximate surface area is 154 Å². The number of hydrogen-bond donors (Lipinski definition) is 1. The molecule has 0 saturated heterocycles. The summed E-state index contributed by atoms with van der Waals surface area (Å²) < 4.78 is 18.8. The number of halogens is 1. The third-order valence-electron chi connectivity index (χ3n) is 4.09. The van der Waals surface area contributed by atoms with Gasteiger partial charge >= 0.3 is 0 Å². The van der Waals surface area contributed by atoms with E-state index in [1.807, 2.05) is 23.7 Å². The SMILES string of the molecule is COc1cc(CNC(C)Cn2nc(C)cc2C)cc2c1OCCO2.Cl. The van der Waals surface area contributed by atoms with Crippen molar-refractivity contribution in [1.29, 1.82) is 0 Å². The molecule has 1 atom stereocenters. The van der Waals surface area contributed by atoms with Gasteiger partial charge in [-0.15, -0.1) is 12.4 Å². The van der Waals surface area contributed by atoms with Crippen molar-refractivity contribution in [2.75, 3.05) is 20.3 Å². The third kappa shape index (κ3) is 4.58. The average Bonchev–Trinajstić information content (AvgIpc) is 2.89. The van der Waals surface area contributed by atoms with E-state index in [0.717, 1.165) is 35.8 Å². The second-order valence-electron chi connectivity index (χ2n) is 6.21. The average molecular weight is 368 g/mol. The summed E-state index contributed by atoms with van der Waals surface area (Å²) in [5.74, 6) is 2.17. The van der Waals surface area contributed by atoms with Crippen LogP contribution in [0, 0.1) is 13.8 Å². The lowest BCUT2D eigenvalue weighted by Gasteiger charge is -2.22. The van der Waals surface area contributed by atoms with E-state index in [2.05, 4.69) is 30.3 Å². The Balaban J connectivity index is 0.00000225. The van der Waals surface area contributed by atoms with Crippen LogP contribution in [-0.2, 0) is 13.1 Å². The molecule has 3 rings (SSSR count). The molecule has 6 nitrogen and oxygen atoms in total. The summed E-state index contributed by atoms with van der Waals surface area (Å²) in [6.45, 7) is 8.95. The molecule has 1 aromatic carbocycles. The summed E-state index contributed by atoms with van der Waals surface area (Å²) in [4.78, 5) is 0. The number of methoxy groups -OCH3 is 1. The molecule has 25 heavy (non-hydrogen) atoms. The van der Waals surface area contributed by atoms with Crippen molar-refractivity contribution in [3.8, 4) is 17.2 Å². The fourth-order valence-corrected chi connectivity index (χ4v) is 2.91. The van der Waals surface area contributed by atoms with Gasteiger partial charge in [-0.2, -0.15) is 5.10 Å². The highest BCUT2D eigenvalue weighted by Gasteiger charge is 2.18. The van der Waals surface area contributed by atoms with Gasteiger partial charge < -0.3 is 19.5 Å². The van der Waals surface area contributed by atoms with E-state index >= 15 is 0 Å². The maximum atomic E-state index is 5.68. The number of nitrogens with zero attached hydrogens (tertiary/aromatic N) is 2. The van der Waals surface area contributed by atoms with Crippen LogP contribution in [0.15, 0.2) is 18.2 Å². The minimum Gasteiger partial charge on any atom is -0.493 e. The van der Waals surface area contributed by atoms with Gasteiger partial charge in [0.15, 0.2) is 11.5 Å². The molecule has 1 aliphatic heterocycles. The highest BCUT2D eigenvalue weighted by molar-refractivity contribution is 5.85. The van der Waals surface area contributed by atoms with Crippen LogP contribution in [0.3, 0.4) is 0 Å². The Bertz CT molecular complexity index is 701. The van der Waals surface area contributed by atoms with Crippen molar-refractivity contribution in [1.82, 2.24) is 15.1 Å². The van der Waals surface area contributed by atoms with Gasteiger partial charge in [0.1, 0.15) is 13.2 Å². The van der Waals surface area contributed by atoms with Crippen molar-refractivity contribution >= 4 is 12.4 Å². The molecule has 2 aromatic rings. The van der Waals surface area contributed by atoms with E-state index in [4.69, 9.17) is 14.2 Å². The summed E-state index contributed by atoms with van der Waals surface area (Å²) in [6.07, 6.45) is 0. The highest BCUT2D eigenvalue weighted by atomic mass is 35.5. The molecule has 1 N–H and O–H groups in total. The van der Waals surface area contributed by atoms with Crippen molar-refractivity contribution in [3.63, 3.8) is 0 Å². The molecule has 2 heterocycles. The standard InChI is InChI=1S/C18H25N3O3.ClH/c1-12-7-14(3)21(20-12)11-13(2)19-10-15-8-16(22-4)18-17(9-15)23-5-6-24-18;/h7-9,13,19H,5-6,10-11H2,1-4H3;1H. The van der Waals surface area contributed by atoms with Crippen molar-refractivity contribution in [2.24, 2.45) is 0 Å². The van der Waals surface area contributed by atoms with Crippen molar-refractivity contribution < 1.29 is 14.2 Å². The summed E-state index contributed by atoms with van der Waals surface area (Å²) in [5, 5.41) is 8.04. The van der Waals surface area contributed by atoms with Crippen LogP contribution in [0.2, 0.25) is 0 Å². The number of ether oxygens (including phenoxy) is 3. The Kier molecular flexibility index (Phi) is 6.56. The lowest BCUT2D eigenvalue weighted by Crippen LogP contribution is -2.30. The van der Waals surface area contributed by atoms with Crippen LogP contribution < -0.4 is 19.5 Å². The Morgan fingerprint density at radius 3 is 2.68 bits per heavy atom. The zero-order valence-electron chi connectivity index (χ0n) is 15.2. The van der Waals surface area contributed by atoms with Gasteiger partial charge in [0.2, 0.25) is 5.75 Å². The molecule has 0 saturated carbocycles. The van der Waals surface area contributed by atoms with Crippen LogP contribution in [0.4, 0.5) is 0 Å². The first kappa shape index (κ1) is 19.4. The van der Waals surface area contributed by atoms with Gasteiger partial charge in [0, 0.05) is 18.3 Å². The second kappa shape index (κ2) is 8.45. The zero-order valence-corrected chi connectivity index (χ0v) is 16.0. The minimum absolute atomic E-state index is 0. The number of aryl methyl sites for hydroxylation is 2. The number of aromatic nitrogens is 2. The van der Waals surface area contributed by atoms with E-state index in [-0.39, 0.29) is 12.4 Å². The van der Waals surface area contributed by atoms with E-state index in [1.165, 1.54) is 5.69 Å². The molecule has 0 amide bonds. The lowest BCUT2D eigenvalue weighted by molar-refractivity contribution is 0.165. The zero-order chi connectivity index (χ0) is 17.1. The summed E-state index contributed by atoms with van der Waals surface area (Å²) in [5.41, 5.74) is 3.34. The molecule has 138 valence electrons. The highest BCUT2D eigenvalue weighted by Crippen LogP contribution is 2.40. The van der Waals surface area contributed by atoms with Crippen molar-refractivity contribution in [3.05, 3.63) is 35.2 Å². The van der Waals surface area contributed by atoms with Gasteiger partial charge in [-0.3, -0.25) is 4.68 Å². The minimum atomic E-state index is 0. The molecular weight excluding hydrogens is 342 g/mol. The largest absolute Gasteiger partial charge is 0.493 e. The molecule has 0 radical (unpaired) electrons. The first-order chi connectivity index (χ1) is 11.6. The molecule has 1 unspecified atom stereocenters. The normalized spacial score (nSPS) is 13.9. The van der Waals surface area contributed by atoms with Crippen LogP contribution in [0.1, 0.15) is 23.9 Å². The van der Waals surface area contributed by atoms with E-state index < -0.39 is 0 Å². The van der Waals surface area contributed by atoms with E-state index in [9.17, 15) is 0 Å².